The van der Waals surface area contributed by atoms with Gasteiger partial charge in [0.05, 0.1) is 24.0 Å². The maximum atomic E-state index is 14.0. The third kappa shape index (κ3) is 5.41. The van der Waals surface area contributed by atoms with E-state index in [4.69, 9.17) is 9.47 Å². The van der Waals surface area contributed by atoms with E-state index in [9.17, 15) is 13.6 Å². The van der Waals surface area contributed by atoms with Crippen LogP contribution in [-0.2, 0) is 4.74 Å². The number of ether oxygens (including phenoxy) is 2. The van der Waals surface area contributed by atoms with Crippen molar-refractivity contribution in [1.29, 1.82) is 0 Å². The van der Waals surface area contributed by atoms with Crippen LogP contribution in [0.1, 0.15) is 17.9 Å². The van der Waals surface area contributed by atoms with Gasteiger partial charge in [0.2, 0.25) is 5.88 Å². The summed E-state index contributed by atoms with van der Waals surface area (Å²) >= 11 is 0. The minimum absolute atomic E-state index is 0.291. The van der Waals surface area contributed by atoms with Crippen molar-refractivity contribution in [1.82, 2.24) is 15.6 Å². The molecule has 184 valence electrons. The van der Waals surface area contributed by atoms with Crippen molar-refractivity contribution in [2.24, 2.45) is 0 Å². The fourth-order valence-corrected chi connectivity index (χ4v) is 4.52. The van der Waals surface area contributed by atoms with Crippen LogP contribution in [0.25, 0.3) is 11.3 Å². The lowest BCUT2D eigenvalue weighted by Gasteiger charge is -2.36. The van der Waals surface area contributed by atoms with Crippen molar-refractivity contribution in [3.8, 4) is 17.1 Å². The lowest BCUT2D eigenvalue weighted by molar-refractivity contribution is 0.155. The quantitative estimate of drug-likeness (QED) is 0.445. The minimum atomic E-state index is -0.920. The third-order valence-corrected chi connectivity index (χ3v) is 6.29. The Morgan fingerprint density at radius 3 is 2.63 bits per heavy atom. The highest BCUT2D eigenvalue weighted by Crippen LogP contribution is 2.36. The summed E-state index contributed by atoms with van der Waals surface area (Å²) in [6, 6.07) is 16.3. The number of pyridine rings is 1. The van der Waals surface area contributed by atoms with E-state index in [1.165, 1.54) is 13.2 Å². The number of hydrogen-bond acceptors (Lipinski definition) is 5. The SMILES string of the molecule is COCC[C@@]1(NC(=O)Nc2ccc(OC)nc2-c2ccccc2)CNC[C@H]1c1ccc(F)c(F)c1. The van der Waals surface area contributed by atoms with Crippen LogP contribution in [0.2, 0.25) is 0 Å². The van der Waals surface area contributed by atoms with Crippen molar-refractivity contribution in [2.45, 2.75) is 17.9 Å². The first-order chi connectivity index (χ1) is 17.0. The molecular formula is C26H28F2N4O3. The topological polar surface area (TPSA) is 84.5 Å². The average Bonchev–Trinajstić information content (AvgIpc) is 3.28. The molecule has 2 atom stereocenters. The molecule has 1 saturated heterocycles. The van der Waals surface area contributed by atoms with Crippen LogP contribution in [0.4, 0.5) is 19.3 Å². The van der Waals surface area contributed by atoms with E-state index in [1.54, 1.807) is 25.3 Å². The minimum Gasteiger partial charge on any atom is -0.481 e. The molecule has 2 heterocycles. The Balaban J connectivity index is 1.62. The summed E-state index contributed by atoms with van der Waals surface area (Å²) < 4.78 is 38.1. The normalized spacial score (nSPS) is 19.4. The van der Waals surface area contributed by atoms with Crippen LogP contribution < -0.4 is 20.7 Å². The van der Waals surface area contributed by atoms with Crippen LogP contribution in [0, 0.1) is 11.6 Å². The lowest BCUT2D eigenvalue weighted by Crippen LogP contribution is -2.55. The predicted molar refractivity (Wildman–Crippen MR) is 130 cm³/mol. The number of nitrogens with zero attached hydrogens (tertiary/aromatic N) is 1. The molecule has 1 aromatic heterocycles. The molecule has 2 amide bonds. The van der Waals surface area contributed by atoms with Gasteiger partial charge in [0.15, 0.2) is 11.6 Å². The van der Waals surface area contributed by atoms with Crippen molar-refractivity contribution in [3.05, 3.63) is 77.9 Å². The van der Waals surface area contributed by atoms with Crippen molar-refractivity contribution in [2.75, 3.05) is 39.2 Å². The molecule has 0 bridgehead atoms. The Labute approximate surface area is 202 Å². The van der Waals surface area contributed by atoms with Crippen molar-refractivity contribution < 1.29 is 23.0 Å². The molecule has 0 unspecified atom stereocenters. The molecule has 0 spiro atoms. The van der Waals surface area contributed by atoms with Gasteiger partial charge in [-0.3, -0.25) is 0 Å². The number of amides is 2. The first-order valence-corrected chi connectivity index (χ1v) is 11.3. The number of rotatable bonds is 8. The molecule has 0 aliphatic carbocycles. The number of carbonyl (C=O) groups excluding carboxylic acids is 1. The van der Waals surface area contributed by atoms with Crippen LogP contribution in [0.5, 0.6) is 5.88 Å². The number of urea groups is 1. The van der Waals surface area contributed by atoms with E-state index in [-0.39, 0.29) is 5.92 Å². The second-order valence-electron chi connectivity index (χ2n) is 8.45. The van der Waals surface area contributed by atoms with Gasteiger partial charge in [-0.05, 0) is 30.2 Å². The van der Waals surface area contributed by atoms with Gasteiger partial charge in [-0.1, -0.05) is 36.4 Å². The van der Waals surface area contributed by atoms with Gasteiger partial charge in [-0.25, -0.2) is 18.6 Å². The summed E-state index contributed by atoms with van der Waals surface area (Å²) in [6.07, 6.45) is 0.472. The Bertz CT molecular complexity index is 1180. The first kappa shape index (κ1) is 24.6. The molecule has 35 heavy (non-hydrogen) atoms. The molecular weight excluding hydrogens is 454 g/mol. The number of anilines is 1. The zero-order chi connectivity index (χ0) is 24.8. The first-order valence-electron chi connectivity index (χ1n) is 11.3. The second kappa shape index (κ2) is 10.8. The van der Waals surface area contributed by atoms with Gasteiger partial charge in [0.25, 0.3) is 0 Å². The molecule has 9 heteroatoms. The van der Waals surface area contributed by atoms with Gasteiger partial charge in [-0.15, -0.1) is 0 Å². The molecule has 3 aromatic rings. The highest BCUT2D eigenvalue weighted by Gasteiger charge is 2.45. The van der Waals surface area contributed by atoms with Crippen LogP contribution >= 0.6 is 0 Å². The van der Waals surface area contributed by atoms with E-state index in [0.29, 0.717) is 48.9 Å². The van der Waals surface area contributed by atoms with Crippen LogP contribution in [-0.4, -0.2) is 50.5 Å². The van der Waals surface area contributed by atoms with Crippen LogP contribution in [0.3, 0.4) is 0 Å². The number of aromatic nitrogens is 1. The highest BCUT2D eigenvalue weighted by molar-refractivity contribution is 5.94. The largest absolute Gasteiger partial charge is 0.481 e. The van der Waals surface area contributed by atoms with Crippen molar-refractivity contribution in [3.63, 3.8) is 0 Å². The molecule has 4 rings (SSSR count). The number of nitrogens with one attached hydrogen (secondary N) is 3. The maximum absolute atomic E-state index is 14.0. The Hall–Kier alpha value is -3.56. The molecule has 2 aromatic carbocycles. The van der Waals surface area contributed by atoms with Gasteiger partial charge < -0.3 is 25.4 Å². The number of methoxy groups -OCH3 is 2. The van der Waals surface area contributed by atoms with Crippen molar-refractivity contribution >= 4 is 11.7 Å². The third-order valence-electron chi connectivity index (χ3n) is 6.29. The van der Waals surface area contributed by atoms with Gasteiger partial charge >= 0.3 is 6.03 Å². The summed E-state index contributed by atoms with van der Waals surface area (Å²) in [5, 5.41) is 9.29. The van der Waals surface area contributed by atoms with E-state index < -0.39 is 23.2 Å². The Morgan fingerprint density at radius 1 is 1.11 bits per heavy atom. The van der Waals surface area contributed by atoms with E-state index in [1.807, 2.05) is 30.3 Å². The molecule has 1 aliphatic rings. The van der Waals surface area contributed by atoms with Gasteiger partial charge in [-0.2, -0.15) is 0 Å². The maximum Gasteiger partial charge on any atom is 0.319 e. The molecule has 1 aliphatic heterocycles. The van der Waals surface area contributed by atoms with E-state index in [2.05, 4.69) is 20.9 Å². The summed E-state index contributed by atoms with van der Waals surface area (Å²) in [5.41, 5.74) is 1.70. The summed E-state index contributed by atoms with van der Waals surface area (Å²) in [4.78, 5) is 17.8. The average molecular weight is 483 g/mol. The molecule has 0 saturated carbocycles. The monoisotopic (exact) mass is 482 g/mol. The molecule has 1 fully saturated rings. The summed E-state index contributed by atoms with van der Waals surface area (Å²) in [6.45, 7) is 1.32. The zero-order valence-corrected chi connectivity index (χ0v) is 19.6. The zero-order valence-electron chi connectivity index (χ0n) is 19.6. The Morgan fingerprint density at radius 2 is 1.91 bits per heavy atom. The smallest absolute Gasteiger partial charge is 0.319 e. The number of hydrogen-bond donors (Lipinski definition) is 3. The van der Waals surface area contributed by atoms with E-state index in [0.717, 1.165) is 11.6 Å². The fraction of sp³-hybridized carbons (Fsp3) is 0.308. The summed E-state index contributed by atoms with van der Waals surface area (Å²) in [5.74, 6) is -1.70. The standard InChI is InChI=1S/C26H28F2N4O3/c1-34-13-12-26(16-29-15-19(26)18-8-9-20(27)21(28)14-18)32-25(33)30-22-10-11-23(35-2)31-24(22)17-6-4-3-5-7-17/h3-11,14,19,29H,12-13,15-16H2,1-2H3,(H2,30,32,33)/t19-,26+/m0/s1. The molecule has 7 nitrogen and oxygen atoms in total. The lowest BCUT2D eigenvalue weighted by atomic mass is 9.79. The molecule has 3 N–H and O–H groups in total. The second-order valence-corrected chi connectivity index (χ2v) is 8.45. The number of halogens is 2. The molecule has 0 radical (unpaired) electrons. The summed E-state index contributed by atoms with van der Waals surface area (Å²) in [7, 11) is 3.11. The highest BCUT2D eigenvalue weighted by atomic mass is 19.2. The Kier molecular flexibility index (Phi) is 7.57. The van der Waals surface area contributed by atoms with Gasteiger partial charge in [0, 0.05) is 44.4 Å². The van der Waals surface area contributed by atoms with E-state index >= 15 is 0 Å². The predicted octanol–water partition coefficient (Wildman–Crippen LogP) is 4.32. The number of carbonyl (C=O) groups is 1. The fourth-order valence-electron chi connectivity index (χ4n) is 4.52. The van der Waals surface area contributed by atoms with Crippen LogP contribution in [0.15, 0.2) is 60.7 Å². The number of benzene rings is 2. The van der Waals surface area contributed by atoms with Gasteiger partial charge in [0.1, 0.15) is 0 Å².